The van der Waals surface area contributed by atoms with Crippen molar-refractivity contribution in [2.75, 3.05) is 6.54 Å². The minimum atomic E-state index is -0.830. The third kappa shape index (κ3) is 4.16. The van der Waals surface area contributed by atoms with Crippen molar-refractivity contribution >= 4 is 17.8 Å². The Kier molecular flexibility index (Phi) is 6.30. The number of imide groups is 1. The molecule has 3 atom stereocenters. The Hall–Kier alpha value is -2.37. The largest absolute Gasteiger partial charge is 0.347 e. The minimum Gasteiger partial charge on any atom is -0.347 e. The van der Waals surface area contributed by atoms with Gasteiger partial charge in [-0.05, 0) is 42.2 Å². The number of nitrogens with one attached hydrogen (secondary N) is 2. The number of hydrogen-bond acceptors (Lipinski definition) is 3. The lowest BCUT2D eigenvalue weighted by Crippen LogP contribution is -2.54. The van der Waals surface area contributed by atoms with Crippen LogP contribution in [0.1, 0.15) is 70.5 Å². The van der Waals surface area contributed by atoms with Crippen LogP contribution in [0.25, 0.3) is 0 Å². The maximum absolute atomic E-state index is 13.1. The van der Waals surface area contributed by atoms with Crippen LogP contribution in [-0.2, 0) is 16.0 Å². The van der Waals surface area contributed by atoms with Crippen LogP contribution in [0, 0.1) is 11.8 Å². The number of nitrogens with zero attached hydrogens (tertiary/aromatic N) is 1. The Labute approximate surface area is 173 Å². The van der Waals surface area contributed by atoms with Gasteiger partial charge in [-0.15, -0.1) is 0 Å². The summed E-state index contributed by atoms with van der Waals surface area (Å²) in [6.45, 7) is 7.97. The van der Waals surface area contributed by atoms with E-state index in [4.69, 9.17) is 0 Å². The van der Waals surface area contributed by atoms with Crippen LogP contribution < -0.4 is 10.6 Å². The first-order chi connectivity index (χ1) is 13.8. The lowest BCUT2D eigenvalue weighted by atomic mass is 9.73. The van der Waals surface area contributed by atoms with Gasteiger partial charge in [0.15, 0.2) is 0 Å². The number of amides is 4. The summed E-state index contributed by atoms with van der Waals surface area (Å²) in [5, 5.41) is 5.93. The number of benzene rings is 1. The molecule has 1 aromatic carbocycles. The predicted octanol–water partition coefficient (Wildman–Crippen LogP) is 3.56. The second-order valence-electron chi connectivity index (χ2n) is 8.82. The van der Waals surface area contributed by atoms with E-state index < -0.39 is 11.6 Å². The monoisotopic (exact) mass is 399 g/mol. The van der Waals surface area contributed by atoms with Gasteiger partial charge >= 0.3 is 6.03 Å². The maximum atomic E-state index is 13.1. The molecule has 1 aliphatic carbocycles. The minimum absolute atomic E-state index is 0.0845. The molecule has 0 bridgehead atoms. The Morgan fingerprint density at radius 2 is 1.93 bits per heavy atom. The highest BCUT2D eigenvalue weighted by molar-refractivity contribution is 6.09. The molecule has 0 unspecified atom stereocenters. The first-order valence-electron chi connectivity index (χ1n) is 10.8. The summed E-state index contributed by atoms with van der Waals surface area (Å²) in [6, 6.07) is 7.60. The van der Waals surface area contributed by atoms with Crippen molar-refractivity contribution < 1.29 is 14.4 Å². The second-order valence-corrected chi connectivity index (χ2v) is 8.82. The van der Waals surface area contributed by atoms with E-state index in [1.54, 1.807) is 0 Å². The molecule has 3 rings (SSSR count). The summed E-state index contributed by atoms with van der Waals surface area (Å²) in [7, 11) is 0. The molecule has 0 aromatic heterocycles. The Bertz CT molecular complexity index is 774. The topological polar surface area (TPSA) is 78.5 Å². The molecule has 1 saturated carbocycles. The third-order valence-electron chi connectivity index (χ3n) is 6.53. The van der Waals surface area contributed by atoms with Gasteiger partial charge in [0.25, 0.3) is 5.91 Å². The normalized spacial score (nSPS) is 25.4. The summed E-state index contributed by atoms with van der Waals surface area (Å²) in [6.07, 6.45) is 4.51. The zero-order valence-corrected chi connectivity index (χ0v) is 18.0. The molecule has 1 aliphatic heterocycles. The average Bonchev–Trinajstić information content (AvgIpc) is 2.93. The molecule has 6 nitrogen and oxygen atoms in total. The van der Waals surface area contributed by atoms with Gasteiger partial charge in [0, 0.05) is 0 Å². The summed E-state index contributed by atoms with van der Waals surface area (Å²) in [5.74, 6) is -0.300. The zero-order chi connectivity index (χ0) is 21.2. The van der Waals surface area contributed by atoms with E-state index in [0.717, 1.165) is 36.1 Å². The van der Waals surface area contributed by atoms with Crippen LogP contribution >= 0.6 is 0 Å². The van der Waals surface area contributed by atoms with E-state index in [1.807, 2.05) is 32.9 Å². The summed E-state index contributed by atoms with van der Waals surface area (Å²) in [5.41, 5.74) is 1.44. The van der Waals surface area contributed by atoms with Gasteiger partial charge in [-0.1, -0.05) is 64.8 Å². The number of carbonyl (C=O) groups is 3. The molecule has 2 N–H and O–H groups in total. The second kappa shape index (κ2) is 8.56. The predicted molar refractivity (Wildman–Crippen MR) is 112 cm³/mol. The van der Waals surface area contributed by atoms with E-state index in [1.165, 1.54) is 5.56 Å². The molecular weight excluding hydrogens is 366 g/mol. The van der Waals surface area contributed by atoms with Crippen molar-refractivity contribution in [3.63, 3.8) is 0 Å². The van der Waals surface area contributed by atoms with Crippen LogP contribution in [0.15, 0.2) is 24.3 Å². The van der Waals surface area contributed by atoms with Gasteiger partial charge in [-0.2, -0.15) is 0 Å². The highest BCUT2D eigenvalue weighted by Gasteiger charge is 2.55. The van der Waals surface area contributed by atoms with Crippen LogP contribution in [0.2, 0.25) is 0 Å². The summed E-state index contributed by atoms with van der Waals surface area (Å²) < 4.78 is 0. The van der Waals surface area contributed by atoms with E-state index in [2.05, 4.69) is 29.7 Å². The van der Waals surface area contributed by atoms with Gasteiger partial charge in [0.2, 0.25) is 5.91 Å². The van der Waals surface area contributed by atoms with Gasteiger partial charge in [-0.25, -0.2) is 4.79 Å². The molecule has 2 fully saturated rings. The molecule has 1 saturated heterocycles. The molecule has 29 heavy (non-hydrogen) atoms. The summed E-state index contributed by atoms with van der Waals surface area (Å²) >= 11 is 0. The Morgan fingerprint density at radius 1 is 1.24 bits per heavy atom. The molecule has 0 radical (unpaired) electrons. The van der Waals surface area contributed by atoms with Crippen LogP contribution in [0.5, 0.6) is 0 Å². The van der Waals surface area contributed by atoms with Crippen molar-refractivity contribution in [3.05, 3.63) is 35.4 Å². The third-order valence-corrected chi connectivity index (χ3v) is 6.53. The van der Waals surface area contributed by atoms with E-state index in [9.17, 15) is 14.4 Å². The van der Waals surface area contributed by atoms with Gasteiger partial charge in [0.1, 0.15) is 12.1 Å². The Balaban J connectivity index is 1.70. The highest BCUT2D eigenvalue weighted by Crippen LogP contribution is 2.38. The molecular formula is C23H33N3O3. The molecule has 1 spiro atoms. The van der Waals surface area contributed by atoms with Crippen molar-refractivity contribution in [2.24, 2.45) is 11.8 Å². The molecule has 158 valence electrons. The number of hydrogen-bond donors (Lipinski definition) is 2. The van der Waals surface area contributed by atoms with Crippen molar-refractivity contribution in [1.29, 1.82) is 0 Å². The molecule has 2 aliphatic rings. The van der Waals surface area contributed by atoms with Gasteiger partial charge < -0.3 is 10.6 Å². The quantitative estimate of drug-likeness (QED) is 0.718. The molecule has 1 aromatic rings. The van der Waals surface area contributed by atoms with E-state index in [0.29, 0.717) is 6.42 Å². The molecule has 6 heteroatoms. The van der Waals surface area contributed by atoms with E-state index in [-0.39, 0.29) is 36.2 Å². The Morgan fingerprint density at radius 3 is 2.52 bits per heavy atom. The fourth-order valence-electron chi connectivity index (χ4n) is 4.60. The lowest BCUT2D eigenvalue weighted by Gasteiger charge is -2.36. The highest BCUT2D eigenvalue weighted by atomic mass is 16.2. The maximum Gasteiger partial charge on any atom is 0.325 e. The number of urea groups is 1. The average molecular weight is 400 g/mol. The summed E-state index contributed by atoms with van der Waals surface area (Å²) in [4.78, 5) is 39.4. The number of rotatable bonds is 6. The number of carbonyl (C=O) groups excluding carboxylic acids is 3. The molecule has 1 heterocycles. The first-order valence-corrected chi connectivity index (χ1v) is 10.8. The molecule has 4 amide bonds. The first kappa shape index (κ1) is 21.3. The SMILES string of the molecule is CCc1ccc([C@@H](NC(=O)CN2C(=O)N[C@]3(CCCC[C@@H]3C)C2=O)C(C)C)cc1. The van der Waals surface area contributed by atoms with Crippen molar-refractivity contribution in [1.82, 2.24) is 15.5 Å². The van der Waals surface area contributed by atoms with Crippen molar-refractivity contribution in [3.8, 4) is 0 Å². The fraction of sp³-hybridized carbons (Fsp3) is 0.609. The van der Waals surface area contributed by atoms with Crippen molar-refractivity contribution in [2.45, 2.75) is 71.4 Å². The lowest BCUT2D eigenvalue weighted by molar-refractivity contribution is -0.137. The van der Waals surface area contributed by atoms with Crippen LogP contribution in [-0.4, -0.2) is 34.8 Å². The smallest absolute Gasteiger partial charge is 0.325 e. The zero-order valence-electron chi connectivity index (χ0n) is 18.0. The standard InChI is InChI=1S/C23H33N3O3/c1-5-17-9-11-18(12-10-17)20(15(2)3)24-19(27)14-26-21(28)23(25-22(26)29)13-7-6-8-16(23)4/h9-12,15-16,20H,5-8,13-14H2,1-4H3,(H,24,27)(H,25,29)/t16-,20-,23-/m0/s1. The fourth-order valence-corrected chi connectivity index (χ4v) is 4.60. The van der Waals surface area contributed by atoms with Crippen LogP contribution in [0.3, 0.4) is 0 Å². The van der Waals surface area contributed by atoms with Gasteiger partial charge in [-0.3, -0.25) is 14.5 Å². The van der Waals surface area contributed by atoms with Crippen LogP contribution in [0.4, 0.5) is 4.79 Å². The van der Waals surface area contributed by atoms with E-state index >= 15 is 0 Å². The van der Waals surface area contributed by atoms with Gasteiger partial charge in [0.05, 0.1) is 6.04 Å². The number of aryl methyl sites for hydroxylation is 1.